The largest absolute Gasteiger partial charge is 0.354 e. The van der Waals surface area contributed by atoms with Gasteiger partial charge in [0.2, 0.25) is 0 Å². The van der Waals surface area contributed by atoms with E-state index in [1.165, 1.54) is 29.5 Å². The van der Waals surface area contributed by atoms with Crippen LogP contribution >= 0.6 is 24.8 Å². The van der Waals surface area contributed by atoms with Gasteiger partial charge in [0.15, 0.2) is 0 Å². The van der Waals surface area contributed by atoms with E-state index in [2.05, 4.69) is 72.1 Å². The fourth-order valence-corrected chi connectivity index (χ4v) is 4.32. The summed E-state index contributed by atoms with van der Waals surface area (Å²) in [6.07, 6.45) is 4.18. The summed E-state index contributed by atoms with van der Waals surface area (Å²) in [7, 11) is 0. The first-order valence-corrected chi connectivity index (χ1v) is 9.80. The summed E-state index contributed by atoms with van der Waals surface area (Å²) in [5.74, 6) is 1.04. The molecule has 1 aromatic carbocycles. The number of aromatic nitrogens is 2. The summed E-state index contributed by atoms with van der Waals surface area (Å²) in [4.78, 5) is 11.4. The number of anilines is 1. The minimum absolute atomic E-state index is 0. The molecule has 0 amide bonds. The minimum Gasteiger partial charge on any atom is -0.354 e. The molecule has 28 heavy (non-hydrogen) atoms. The molecule has 4 nitrogen and oxygen atoms in total. The van der Waals surface area contributed by atoms with Gasteiger partial charge in [-0.25, -0.2) is 9.97 Å². The second-order valence-corrected chi connectivity index (χ2v) is 9.03. The van der Waals surface area contributed by atoms with Gasteiger partial charge in [0, 0.05) is 37.8 Å². The summed E-state index contributed by atoms with van der Waals surface area (Å²) in [6.45, 7) is 13.5. The van der Waals surface area contributed by atoms with Gasteiger partial charge in [-0.1, -0.05) is 39.8 Å². The molecule has 0 spiro atoms. The Kier molecular flexibility index (Phi) is 7.01. The van der Waals surface area contributed by atoms with Gasteiger partial charge in [0.1, 0.15) is 12.1 Å². The first-order valence-electron chi connectivity index (χ1n) is 9.80. The number of hydrogen-bond acceptors (Lipinski definition) is 4. The average Bonchev–Trinajstić information content (AvgIpc) is 2.66. The van der Waals surface area contributed by atoms with Crippen LogP contribution in [0.5, 0.6) is 0 Å². The molecule has 0 bridgehead atoms. The molecule has 154 valence electrons. The Morgan fingerprint density at radius 2 is 1.50 bits per heavy atom. The fourth-order valence-electron chi connectivity index (χ4n) is 4.32. The maximum absolute atomic E-state index is 4.58. The molecular formula is C22H32Cl2N4. The summed E-state index contributed by atoms with van der Waals surface area (Å²) in [6, 6.07) is 9.10. The Labute approximate surface area is 181 Å². The molecule has 1 aliphatic heterocycles. The van der Waals surface area contributed by atoms with E-state index in [9.17, 15) is 0 Å². The summed E-state index contributed by atoms with van der Waals surface area (Å²) >= 11 is 0. The highest BCUT2D eigenvalue weighted by atomic mass is 35.5. The normalized spacial score (nSPS) is 19.8. The predicted molar refractivity (Wildman–Crippen MR) is 122 cm³/mol. The van der Waals surface area contributed by atoms with E-state index in [1.54, 1.807) is 6.33 Å². The molecule has 0 atom stereocenters. The highest BCUT2D eigenvalue weighted by Gasteiger charge is 2.37. The zero-order valence-corrected chi connectivity index (χ0v) is 18.9. The molecule has 1 aromatic heterocycles. The van der Waals surface area contributed by atoms with E-state index in [0.717, 1.165) is 37.7 Å². The maximum Gasteiger partial charge on any atom is 0.132 e. The maximum atomic E-state index is 4.58. The van der Waals surface area contributed by atoms with Crippen molar-refractivity contribution in [1.29, 1.82) is 0 Å². The quantitative estimate of drug-likeness (QED) is 0.757. The Hall–Kier alpha value is -1.36. The number of hydrogen-bond donors (Lipinski definition) is 1. The van der Waals surface area contributed by atoms with E-state index in [-0.39, 0.29) is 35.6 Å². The molecule has 2 aromatic rings. The van der Waals surface area contributed by atoms with Gasteiger partial charge in [-0.05, 0) is 40.9 Å². The molecule has 1 fully saturated rings. The van der Waals surface area contributed by atoms with Crippen LogP contribution in [-0.4, -0.2) is 36.1 Å². The SMILES string of the molecule is CC1(C)CCC(C)(C)c2cc(-c3cc(N4CCNCC4)ncn3)ccc21.Cl.Cl. The molecule has 0 saturated carbocycles. The van der Waals surface area contributed by atoms with Crippen molar-refractivity contribution >= 4 is 30.6 Å². The second-order valence-electron chi connectivity index (χ2n) is 9.03. The molecular weight excluding hydrogens is 391 g/mol. The first-order chi connectivity index (χ1) is 12.4. The fraction of sp³-hybridized carbons (Fsp3) is 0.545. The minimum atomic E-state index is 0. The summed E-state index contributed by atoms with van der Waals surface area (Å²) in [5.41, 5.74) is 5.67. The summed E-state index contributed by atoms with van der Waals surface area (Å²) < 4.78 is 0. The lowest BCUT2D eigenvalue weighted by molar-refractivity contribution is 0.332. The number of nitrogens with zero attached hydrogens (tertiary/aromatic N) is 3. The van der Waals surface area contributed by atoms with Gasteiger partial charge < -0.3 is 10.2 Å². The van der Waals surface area contributed by atoms with Crippen LogP contribution in [0.4, 0.5) is 5.82 Å². The number of fused-ring (bicyclic) bond motifs is 1. The number of halogens is 2. The van der Waals surface area contributed by atoms with Crippen LogP contribution in [-0.2, 0) is 10.8 Å². The zero-order valence-electron chi connectivity index (χ0n) is 17.3. The standard InChI is InChI=1S/C22H30N4.2ClH/c1-21(2)7-8-22(3,4)18-13-16(5-6-17(18)21)19-14-20(25-15-24-19)26-11-9-23-10-12-26;;/h5-6,13-15,23H,7-12H2,1-4H3;2*1H. The van der Waals surface area contributed by atoms with Crippen molar-refractivity contribution in [2.75, 3.05) is 31.1 Å². The smallest absolute Gasteiger partial charge is 0.132 e. The molecule has 1 aliphatic carbocycles. The van der Waals surface area contributed by atoms with Crippen LogP contribution in [0.25, 0.3) is 11.3 Å². The third-order valence-corrected chi connectivity index (χ3v) is 6.24. The van der Waals surface area contributed by atoms with Gasteiger partial charge >= 0.3 is 0 Å². The lowest BCUT2D eigenvalue weighted by atomic mass is 9.63. The van der Waals surface area contributed by atoms with E-state index in [4.69, 9.17) is 0 Å². The van der Waals surface area contributed by atoms with Crippen LogP contribution in [0.1, 0.15) is 51.7 Å². The number of piperazine rings is 1. The van der Waals surface area contributed by atoms with Crippen LogP contribution in [0.2, 0.25) is 0 Å². The van der Waals surface area contributed by atoms with Crippen molar-refractivity contribution in [3.63, 3.8) is 0 Å². The average molecular weight is 423 g/mol. The van der Waals surface area contributed by atoms with Crippen molar-refractivity contribution in [2.45, 2.75) is 51.4 Å². The Bertz CT molecular complexity index is 814. The number of rotatable bonds is 2. The topological polar surface area (TPSA) is 41.0 Å². The molecule has 1 saturated heterocycles. The van der Waals surface area contributed by atoms with Crippen molar-refractivity contribution in [2.24, 2.45) is 0 Å². The van der Waals surface area contributed by atoms with E-state index >= 15 is 0 Å². The third kappa shape index (κ3) is 4.29. The predicted octanol–water partition coefficient (Wildman–Crippen LogP) is 4.75. The Balaban J connectivity index is 0.00000140. The third-order valence-electron chi connectivity index (χ3n) is 6.24. The first kappa shape index (κ1) is 22.9. The Morgan fingerprint density at radius 3 is 2.18 bits per heavy atom. The van der Waals surface area contributed by atoms with Crippen LogP contribution in [0, 0.1) is 0 Å². The summed E-state index contributed by atoms with van der Waals surface area (Å²) in [5, 5.41) is 3.40. The number of benzene rings is 1. The van der Waals surface area contributed by atoms with E-state index < -0.39 is 0 Å². The molecule has 4 rings (SSSR count). The van der Waals surface area contributed by atoms with E-state index in [1.807, 2.05) is 0 Å². The van der Waals surface area contributed by atoms with Gasteiger partial charge in [-0.15, -0.1) is 24.8 Å². The molecule has 6 heteroatoms. The molecule has 0 unspecified atom stereocenters. The highest BCUT2D eigenvalue weighted by Crippen LogP contribution is 2.46. The van der Waals surface area contributed by atoms with Crippen LogP contribution in [0.3, 0.4) is 0 Å². The van der Waals surface area contributed by atoms with Crippen LogP contribution in [0.15, 0.2) is 30.6 Å². The van der Waals surface area contributed by atoms with Gasteiger partial charge in [0.25, 0.3) is 0 Å². The Morgan fingerprint density at radius 1 is 0.857 bits per heavy atom. The van der Waals surface area contributed by atoms with Gasteiger partial charge in [-0.2, -0.15) is 0 Å². The van der Waals surface area contributed by atoms with Crippen molar-refractivity contribution < 1.29 is 0 Å². The monoisotopic (exact) mass is 422 g/mol. The lowest BCUT2D eigenvalue weighted by Crippen LogP contribution is -2.43. The lowest BCUT2D eigenvalue weighted by Gasteiger charge is -2.42. The van der Waals surface area contributed by atoms with E-state index in [0.29, 0.717) is 0 Å². The molecule has 0 radical (unpaired) electrons. The number of nitrogens with one attached hydrogen (secondary N) is 1. The van der Waals surface area contributed by atoms with Gasteiger partial charge in [-0.3, -0.25) is 0 Å². The van der Waals surface area contributed by atoms with Crippen molar-refractivity contribution in [3.8, 4) is 11.3 Å². The second kappa shape index (κ2) is 8.56. The van der Waals surface area contributed by atoms with Gasteiger partial charge in [0.05, 0.1) is 5.69 Å². The molecule has 2 heterocycles. The molecule has 1 N–H and O–H groups in total. The zero-order chi connectivity index (χ0) is 18.4. The van der Waals surface area contributed by atoms with Crippen molar-refractivity contribution in [3.05, 3.63) is 41.7 Å². The van der Waals surface area contributed by atoms with Crippen LogP contribution < -0.4 is 10.2 Å². The molecule has 2 aliphatic rings. The van der Waals surface area contributed by atoms with Crippen molar-refractivity contribution in [1.82, 2.24) is 15.3 Å². The highest BCUT2D eigenvalue weighted by molar-refractivity contribution is 5.85.